The summed E-state index contributed by atoms with van der Waals surface area (Å²) in [4.78, 5) is 8.71. The first-order chi connectivity index (χ1) is 6.79. The van der Waals surface area contributed by atoms with Crippen LogP contribution >= 0.6 is 0 Å². The first-order valence-electron chi connectivity index (χ1n) is 5.10. The van der Waals surface area contributed by atoms with Gasteiger partial charge in [-0.3, -0.25) is 4.98 Å². The number of rotatable bonds is 3. The molecule has 0 N–H and O–H groups in total. The van der Waals surface area contributed by atoms with Crippen molar-refractivity contribution in [3.63, 3.8) is 0 Å². The van der Waals surface area contributed by atoms with Gasteiger partial charge in [-0.25, -0.2) is 4.98 Å². The van der Waals surface area contributed by atoms with E-state index in [1.54, 1.807) is 0 Å². The van der Waals surface area contributed by atoms with Crippen LogP contribution in [0.2, 0.25) is 0 Å². The first-order valence-corrected chi connectivity index (χ1v) is 5.10. The molecule has 3 heteroatoms. The zero-order chi connectivity index (χ0) is 9.97. The molecule has 0 spiro atoms. The Kier molecular flexibility index (Phi) is 2.48. The van der Waals surface area contributed by atoms with Gasteiger partial charge >= 0.3 is 0 Å². The fraction of sp³-hybridized carbons (Fsp3) is 0.455. The summed E-state index contributed by atoms with van der Waals surface area (Å²) in [5.41, 5.74) is 3.12. The number of hydrogen-bond acceptors (Lipinski definition) is 2. The number of nitrogens with zero attached hydrogens (tertiary/aromatic N) is 3. The monoisotopic (exact) mass is 189 g/mol. The molecule has 0 saturated heterocycles. The molecule has 0 amide bonds. The fourth-order valence-corrected chi connectivity index (χ4v) is 1.56. The van der Waals surface area contributed by atoms with E-state index in [9.17, 15) is 0 Å². The van der Waals surface area contributed by atoms with Crippen molar-refractivity contribution in [1.82, 2.24) is 14.4 Å². The van der Waals surface area contributed by atoms with Crippen molar-refractivity contribution in [1.29, 1.82) is 0 Å². The Morgan fingerprint density at radius 2 is 2.21 bits per heavy atom. The normalized spacial score (nSPS) is 11.0. The number of hydrogen-bond donors (Lipinski definition) is 0. The SMILES string of the molecule is CCCCc1cn2cc(C)nc2cn1. The molecule has 0 aliphatic rings. The Morgan fingerprint density at radius 3 is 3.00 bits per heavy atom. The third kappa shape index (κ3) is 1.76. The summed E-state index contributed by atoms with van der Waals surface area (Å²) in [6, 6.07) is 0. The molecule has 0 atom stereocenters. The second-order valence-electron chi connectivity index (χ2n) is 3.63. The highest BCUT2D eigenvalue weighted by atomic mass is 15.0. The first kappa shape index (κ1) is 9.19. The Labute approximate surface area is 83.8 Å². The average Bonchev–Trinajstić information content (AvgIpc) is 2.54. The van der Waals surface area contributed by atoms with Crippen LogP contribution in [0.4, 0.5) is 0 Å². The van der Waals surface area contributed by atoms with Crippen LogP contribution in [0.1, 0.15) is 31.2 Å². The lowest BCUT2D eigenvalue weighted by Gasteiger charge is -1.99. The Morgan fingerprint density at radius 1 is 1.36 bits per heavy atom. The van der Waals surface area contributed by atoms with Crippen molar-refractivity contribution in [3.05, 3.63) is 30.0 Å². The summed E-state index contributed by atoms with van der Waals surface area (Å²) < 4.78 is 2.05. The van der Waals surface area contributed by atoms with E-state index in [1.807, 2.05) is 23.7 Å². The van der Waals surface area contributed by atoms with Crippen LogP contribution in [-0.4, -0.2) is 14.4 Å². The van der Waals surface area contributed by atoms with Crippen molar-refractivity contribution in [2.75, 3.05) is 0 Å². The molecule has 2 aromatic rings. The molecular formula is C11H15N3. The molecule has 0 bridgehead atoms. The van der Waals surface area contributed by atoms with Gasteiger partial charge in [-0.05, 0) is 19.8 Å². The van der Waals surface area contributed by atoms with Crippen LogP contribution in [0.5, 0.6) is 0 Å². The van der Waals surface area contributed by atoms with E-state index in [1.165, 1.54) is 12.8 Å². The number of aryl methyl sites for hydroxylation is 2. The molecule has 74 valence electrons. The molecule has 0 fully saturated rings. The Bertz CT molecular complexity index is 431. The van der Waals surface area contributed by atoms with Gasteiger partial charge in [0.25, 0.3) is 0 Å². The highest BCUT2D eigenvalue weighted by Crippen LogP contribution is 2.06. The Balaban J connectivity index is 2.31. The van der Waals surface area contributed by atoms with E-state index in [0.29, 0.717) is 0 Å². The van der Waals surface area contributed by atoms with Crippen LogP contribution in [-0.2, 0) is 6.42 Å². The maximum atomic E-state index is 4.37. The zero-order valence-corrected chi connectivity index (χ0v) is 8.70. The molecule has 0 saturated carbocycles. The van der Waals surface area contributed by atoms with Gasteiger partial charge in [-0.2, -0.15) is 0 Å². The maximum absolute atomic E-state index is 4.37. The standard InChI is InChI=1S/C11H15N3/c1-3-4-5-10-8-14-7-9(2)13-11(14)6-12-10/h6-8H,3-5H2,1-2H3. The van der Waals surface area contributed by atoms with Crippen molar-refractivity contribution in [3.8, 4) is 0 Å². The van der Waals surface area contributed by atoms with Crippen LogP contribution in [0.3, 0.4) is 0 Å². The Hall–Kier alpha value is -1.38. The minimum Gasteiger partial charge on any atom is -0.304 e. The summed E-state index contributed by atoms with van der Waals surface area (Å²) in [5.74, 6) is 0. The predicted octanol–water partition coefficient (Wildman–Crippen LogP) is 2.38. The van der Waals surface area contributed by atoms with Gasteiger partial charge in [0.15, 0.2) is 5.65 Å². The lowest BCUT2D eigenvalue weighted by atomic mass is 10.2. The quantitative estimate of drug-likeness (QED) is 0.742. The zero-order valence-electron chi connectivity index (χ0n) is 8.70. The smallest absolute Gasteiger partial charge is 0.155 e. The molecule has 0 radical (unpaired) electrons. The summed E-state index contributed by atoms with van der Waals surface area (Å²) in [6.07, 6.45) is 9.42. The van der Waals surface area contributed by atoms with Crippen LogP contribution in [0.25, 0.3) is 5.65 Å². The number of aromatic nitrogens is 3. The van der Waals surface area contributed by atoms with Crippen molar-refractivity contribution in [2.45, 2.75) is 33.1 Å². The lowest BCUT2D eigenvalue weighted by Crippen LogP contribution is -1.93. The van der Waals surface area contributed by atoms with E-state index >= 15 is 0 Å². The summed E-state index contributed by atoms with van der Waals surface area (Å²) in [7, 11) is 0. The van der Waals surface area contributed by atoms with E-state index in [0.717, 1.165) is 23.5 Å². The third-order valence-corrected chi connectivity index (χ3v) is 2.30. The second kappa shape index (κ2) is 3.78. The van der Waals surface area contributed by atoms with Crippen molar-refractivity contribution < 1.29 is 0 Å². The van der Waals surface area contributed by atoms with Gasteiger partial charge in [-0.15, -0.1) is 0 Å². The van der Waals surface area contributed by atoms with Gasteiger partial charge in [0.1, 0.15) is 0 Å². The molecular weight excluding hydrogens is 174 g/mol. The summed E-state index contributed by atoms with van der Waals surface area (Å²) >= 11 is 0. The van der Waals surface area contributed by atoms with Crippen molar-refractivity contribution in [2.24, 2.45) is 0 Å². The van der Waals surface area contributed by atoms with Gasteiger partial charge in [0.05, 0.1) is 17.6 Å². The third-order valence-electron chi connectivity index (χ3n) is 2.30. The average molecular weight is 189 g/mol. The molecule has 0 unspecified atom stereocenters. The van der Waals surface area contributed by atoms with E-state index in [2.05, 4.69) is 23.1 Å². The van der Waals surface area contributed by atoms with Gasteiger partial charge < -0.3 is 4.40 Å². The van der Waals surface area contributed by atoms with E-state index in [-0.39, 0.29) is 0 Å². The van der Waals surface area contributed by atoms with Crippen LogP contribution < -0.4 is 0 Å². The highest BCUT2D eigenvalue weighted by Gasteiger charge is 1.99. The minimum atomic E-state index is 0.933. The topological polar surface area (TPSA) is 30.2 Å². The maximum Gasteiger partial charge on any atom is 0.155 e. The van der Waals surface area contributed by atoms with E-state index in [4.69, 9.17) is 0 Å². The summed E-state index contributed by atoms with van der Waals surface area (Å²) in [5, 5.41) is 0. The second-order valence-corrected chi connectivity index (χ2v) is 3.63. The van der Waals surface area contributed by atoms with Gasteiger partial charge in [-0.1, -0.05) is 13.3 Å². The fourth-order valence-electron chi connectivity index (χ4n) is 1.56. The van der Waals surface area contributed by atoms with Crippen molar-refractivity contribution >= 4 is 5.65 Å². The molecule has 0 aliphatic carbocycles. The van der Waals surface area contributed by atoms with Gasteiger partial charge in [0, 0.05) is 12.4 Å². The molecule has 14 heavy (non-hydrogen) atoms. The number of unbranched alkanes of at least 4 members (excludes halogenated alkanes) is 1. The molecule has 2 rings (SSSR count). The highest BCUT2D eigenvalue weighted by molar-refractivity contribution is 5.37. The van der Waals surface area contributed by atoms with Gasteiger partial charge in [0.2, 0.25) is 0 Å². The van der Waals surface area contributed by atoms with E-state index < -0.39 is 0 Å². The largest absolute Gasteiger partial charge is 0.304 e. The summed E-state index contributed by atoms with van der Waals surface area (Å²) in [6.45, 7) is 4.19. The number of imidazole rings is 1. The predicted molar refractivity (Wildman–Crippen MR) is 56.3 cm³/mol. The minimum absolute atomic E-state index is 0.933. The molecule has 2 aromatic heterocycles. The van der Waals surface area contributed by atoms with Crippen LogP contribution in [0, 0.1) is 6.92 Å². The number of fused-ring (bicyclic) bond motifs is 1. The molecule has 2 heterocycles. The molecule has 3 nitrogen and oxygen atoms in total. The molecule has 0 aliphatic heterocycles. The van der Waals surface area contributed by atoms with Crippen LogP contribution in [0.15, 0.2) is 18.6 Å². The lowest BCUT2D eigenvalue weighted by molar-refractivity contribution is 0.770. The molecule has 0 aromatic carbocycles.